The molecule has 0 saturated carbocycles. The van der Waals surface area contributed by atoms with E-state index in [1.165, 1.54) is 0 Å². The van der Waals surface area contributed by atoms with E-state index in [9.17, 15) is 0 Å². The van der Waals surface area contributed by atoms with E-state index < -0.39 is 0 Å². The van der Waals surface area contributed by atoms with Gasteiger partial charge in [0, 0.05) is 23.0 Å². The van der Waals surface area contributed by atoms with Crippen molar-refractivity contribution in [1.82, 2.24) is 4.98 Å². The Balaban J connectivity index is 2.79. The largest absolute Gasteiger partial charge is 0.326 e. The topological polar surface area (TPSA) is 38.9 Å². The van der Waals surface area contributed by atoms with Gasteiger partial charge in [0.25, 0.3) is 0 Å². The molecule has 2 aromatic rings. The number of nitrogens with two attached hydrogens (primary N) is 1. The maximum atomic E-state index is 5.57. The number of aromatic nitrogens is 1. The van der Waals surface area contributed by atoms with E-state index >= 15 is 0 Å². The van der Waals surface area contributed by atoms with Crippen molar-refractivity contribution in [3.63, 3.8) is 0 Å². The second-order valence-electron chi connectivity index (χ2n) is 2.85. The van der Waals surface area contributed by atoms with Crippen LogP contribution in [0.15, 0.2) is 35.4 Å². The van der Waals surface area contributed by atoms with Crippen molar-refractivity contribution in [3.8, 4) is 0 Å². The third-order valence-corrected chi connectivity index (χ3v) is 2.55. The lowest BCUT2D eigenvalue weighted by atomic mass is 10.1. The van der Waals surface area contributed by atoms with Gasteiger partial charge in [-0.2, -0.15) is 0 Å². The molecule has 1 heterocycles. The standard InChI is InChI=1S/C10H10N2S/c11-6-8-4-3-7-2-1-5-12-9(7)10(8)13/h1-5,13H,6,11H2. The molecule has 66 valence electrons. The summed E-state index contributed by atoms with van der Waals surface area (Å²) in [4.78, 5) is 5.15. The molecule has 3 heteroatoms. The van der Waals surface area contributed by atoms with Crippen LogP contribution in [0.2, 0.25) is 0 Å². The van der Waals surface area contributed by atoms with Crippen LogP contribution in [0.5, 0.6) is 0 Å². The second kappa shape index (κ2) is 3.36. The fourth-order valence-electron chi connectivity index (χ4n) is 1.34. The van der Waals surface area contributed by atoms with Gasteiger partial charge in [-0.25, -0.2) is 0 Å². The zero-order valence-corrected chi connectivity index (χ0v) is 7.96. The zero-order chi connectivity index (χ0) is 9.26. The van der Waals surface area contributed by atoms with Crippen molar-refractivity contribution in [2.24, 2.45) is 5.73 Å². The normalized spacial score (nSPS) is 10.6. The zero-order valence-electron chi connectivity index (χ0n) is 7.07. The van der Waals surface area contributed by atoms with Gasteiger partial charge in [-0.15, -0.1) is 12.6 Å². The van der Waals surface area contributed by atoms with Crippen LogP contribution in [0.3, 0.4) is 0 Å². The average molecular weight is 190 g/mol. The number of benzene rings is 1. The van der Waals surface area contributed by atoms with Crippen LogP contribution in [0, 0.1) is 0 Å². The number of rotatable bonds is 1. The first-order valence-electron chi connectivity index (χ1n) is 4.08. The summed E-state index contributed by atoms with van der Waals surface area (Å²) < 4.78 is 0. The number of nitrogens with zero attached hydrogens (tertiary/aromatic N) is 1. The lowest BCUT2D eigenvalue weighted by molar-refractivity contribution is 1.03. The molecule has 0 atom stereocenters. The summed E-state index contributed by atoms with van der Waals surface area (Å²) in [5.41, 5.74) is 7.53. The number of thiol groups is 1. The molecule has 2 nitrogen and oxygen atoms in total. The molecule has 0 aliphatic carbocycles. The molecular weight excluding hydrogens is 180 g/mol. The summed E-state index contributed by atoms with van der Waals surface area (Å²) >= 11 is 4.40. The summed E-state index contributed by atoms with van der Waals surface area (Å²) in [5, 5.41) is 1.10. The highest BCUT2D eigenvalue weighted by atomic mass is 32.1. The number of pyridine rings is 1. The van der Waals surface area contributed by atoms with E-state index in [1.807, 2.05) is 24.3 Å². The third kappa shape index (κ3) is 1.41. The van der Waals surface area contributed by atoms with Gasteiger partial charge < -0.3 is 5.73 Å². The lowest BCUT2D eigenvalue weighted by Crippen LogP contribution is -1.98. The Labute approximate surface area is 82.2 Å². The highest BCUT2D eigenvalue weighted by molar-refractivity contribution is 7.80. The van der Waals surface area contributed by atoms with Gasteiger partial charge in [-0.1, -0.05) is 18.2 Å². The van der Waals surface area contributed by atoms with E-state index in [0.717, 1.165) is 21.4 Å². The molecule has 1 aromatic carbocycles. The summed E-state index contributed by atoms with van der Waals surface area (Å²) in [5.74, 6) is 0. The highest BCUT2D eigenvalue weighted by Gasteiger charge is 2.02. The van der Waals surface area contributed by atoms with Gasteiger partial charge in [0.05, 0.1) is 5.52 Å². The Morgan fingerprint density at radius 2 is 2.15 bits per heavy atom. The van der Waals surface area contributed by atoms with Gasteiger partial charge in [0.2, 0.25) is 0 Å². The fraction of sp³-hybridized carbons (Fsp3) is 0.100. The Morgan fingerprint density at radius 1 is 1.31 bits per heavy atom. The molecule has 0 fully saturated rings. The van der Waals surface area contributed by atoms with Crippen molar-refractivity contribution in [1.29, 1.82) is 0 Å². The molecule has 0 radical (unpaired) electrons. The molecule has 0 amide bonds. The average Bonchev–Trinajstić information content (AvgIpc) is 2.19. The molecule has 13 heavy (non-hydrogen) atoms. The fourth-order valence-corrected chi connectivity index (χ4v) is 1.69. The molecule has 0 aliphatic heterocycles. The Hall–Kier alpha value is -1.06. The molecule has 0 bridgehead atoms. The van der Waals surface area contributed by atoms with Crippen molar-refractivity contribution in [2.45, 2.75) is 11.4 Å². The molecular formula is C10H10N2S. The van der Waals surface area contributed by atoms with Gasteiger partial charge >= 0.3 is 0 Å². The minimum Gasteiger partial charge on any atom is -0.326 e. The maximum absolute atomic E-state index is 5.57. The van der Waals surface area contributed by atoms with E-state index in [0.29, 0.717) is 6.54 Å². The molecule has 0 saturated heterocycles. The first-order chi connectivity index (χ1) is 6.33. The van der Waals surface area contributed by atoms with Gasteiger partial charge in [-0.05, 0) is 11.6 Å². The first kappa shape index (κ1) is 8.53. The summed E-state index contributed by atoms with van der Waals surface area (Å²) in [6.45, 7) is 0.505. The molecule has 0 unspecified atom stereocenters. The second-order valence-corrected chi connectivity index (χ2v) is 3.30. The number of fused-ring (bicyclic) bond motifs is 1. The quantitative estimate of drug-likeness (QED) is 0.675. The van der Waals surface area contributed by atoms with Crippen molar-refractivity contribution in [3.05, 3.63) is 36.0 Å². The smallest absolute Gasteiger partial charge is 0.0838 e. The van der Waals surface area contributed by atoms with E-state index in [4.69, 9.17) is 5.73 Å². The lowest BCUT2D eigenvalue weighted by Gasteiger charge is -2.04. The van der Waals surface area contributed by atoms with Gasteiger partial charge in [-0.3, -0.25) is 4.98 Å². The van der Waals surface area contributed by atoms with Crippen LogP contribution < -0.4 is 5.73 Å². The predicted octanol–water partition coefficient (Wildman–Crippen LogP) is 1.98. The van der Waals surface area contributed by atoms with Crippen LogP contribution in [0.25, 0.3) is 10.9 Å². The first-order valence-corrected chi connectivity index (χ1v) is 4.53. The van der Waals surface area contributed by atoms with Crippen molar-refractivity contribution < 1.29 is 0 Å². The van der Waals surface area contributed by atoms with E-state index in [1.54, 1.807) is 6.20 Å². The van der Waals surface area contributed by atoms with Gasteiger partial charge in [0.15, 0.2) is 0 Å². The molecule has 2 rings (SSSR count). The van der Waals surface area contributed by atoms with Crippen LogP contribution in [-0.4, -0.2) is 4.98 Å². The maximum Gasteiger partial charge on any atom is 0.0838 e. The third-order valence-electron chi connectivity index (χ3n) is 2.05. The Kier molecular flexibility index (Phi) is 2.20. The summed E-state index contributed by atoms with van der Waals surface area (Å²) in [6.07, 6.45) is 1.77. The SMILES string of the molecule is NCc1ccc2cccnc2c1S. The van der Waals surface area contributed by atoms with Crippen molar-refractivity contribution in [2.75, 3.05) is 0 Å². The minimum absolute atomic E-state index is 0.505. The van der Waals surface area contributed by atoms with Crippen LogP contribution in [0.1, 0.15) is 5.56 Å². The summed E-state index contributed by atoms with van der Waals surface area (Å²) in [6, 6.07) is 7.94. The molecule has 0 spiro atoms. The van der Waals surface area contributed by atoms with Gasteiger partial charge in [0.1, 0.15) is 0 Å². The molecule has 1 aromatic heterocycles. The molecule has 0 aliphatic rings. The Morgan fingerprint density at radius 3 is 2.92 bits per heavy atom. The predicted molar refractivity (Wildman–Crippen MR) is 56.9 cm³/mol. The summed E-state index contributed by atoms with van der Waals surface area (Å²) in [7, 11) is 0. The van der Waals surface area contributed by atoms with E-state index in [2.05, 4.69) is 17.6 Å². The van der Waals surface area contributed by atoms with E-state index in [-0.39, 0.29) is 0 Å². The van der Waals surface area contributed by atoms with Crippen LogP contribution >= 0.6 is 12.6 Å². The minimum atomic E-state index is 0.505. The van der Waals surface area contributed by atoms with Crippen LogP contribution in [0.4, 0.5) is 0 Å². The monoisotopic (exact) mass is 190 g/mol. The Bertz CT molecular complexity index is 440. The highest BCUT2D eigenvalue weighted by Crippen LogP contribution is 2.23. The molecule has 2 N–H and O–H groups in total. The van der Waals surface area contributed by atoms with Crippen molar-refractivity contribution >= 4 is 23.5 Å². The number of hydrogen-bond donors (Lipinski definition) is 2. The van der Waals surface area contributed by atoms with Crippen LogP contribution in [-0.2, 0) is 6.54 Å². The number of hydrogen-bond acceptors (Lipinski definition) is 3.